The van der Waals surface area contributed by atoms with Crippen molar-refractivity contribution in [1.82, 2.24) is 40.8 Å². The standard InChI is InChI=1S/C28H37N9O2S/c38-25(34-39)7-2-1-3-10-35-13-15-37(16-14-35)28-26-24(17-20(40-26)19-36-11-8-29-9-12-36)31-27(32-28)21-5-4-6-23-22(21)18-30-33-23/h4-6,17-18,29,39H,1-3,7-16,19H2,(H,30,33)(H,34,38). The Balaban J connectivity index is 1.21. The van der Waals surface area contributed by atoms with E-state index in [1.807, 2.05) is 29.7 Å². The van der Waals surface area contributed by atoms with E-state index in [4.69, 9.17) is 15.2 Å². The molecule has 3 aromatic heterocycles. The maximum atomic E-state index is 11.2. The highest BCUT2D eigenvalue weighted by molar-refractivity contribution is 7.19. The van der Waals surface area contributed by atoms with Gasteiger partial charge in [-0.3, -0.25) is 24.9 Å². The fourth-order valence-corrected chi connectivity index (χ4v) is 6.82. The molecule has 5 heterocycles. The van der Waals surface area contributed by atoms with E-state index in [9.17, 15) is 4.79 Å². The fraction of sp³-hybridized carbons (Fsp3) is 0.500. The van der Waals surface area contributed by atoms with E-state index >= 15 is 0 Å². The molecule has 1 aromatic carbocycles. The van der Waals surface area contributed by atoms with Gasteiger partial charge in [0.25, 0.3) is 0 Å². The summed E-state index contributed by atoms with van der Waals surface area (Å²) in [5.74, 6) is 1.47. The molecule has 0 spiro atoms. The number of benzene rings is 1. The zero-order valence-electron chi connectivity index (χ0n) is 22.7. The van der Waals surface area contributed by atoms with Gasteiger partial charge in [0.1, 0.15) is 0 Å². The summed E-state index contributed by atoms with van der Waals surface area (Å²) in [6, 6.07) is 8.40. The summed E-state index contributed by atoms with van der Waals surface area (Å²) in [5, 5.41) is 20.4. The Kier molecular flexibility index (Phi) is 8.49. The lowest BCUT2D eigenvalue weighted by atomic mass is 10.1. The number of fused-ring (bicyclic) bond motifs is 2. The van der Waals surface area contributed by atoms with Crippen molar-refractivity contribution in [2.45, 2.75) is 32.2 Å². The third-order valence-electron chi connectivity index (χ3n) is 7.89. The van der Waals surface area contributed by atoms with Gasteiger partial charge in [0.05, 0.1) is 21.9 Å². The molecule has 12 heteroatoms. The number of unbranched alkanes of at least 4 members (excludes halogenated alkanes) is 2. The quantitative estimate of drug-likeness (QED) is 0.131. The first-order chi connectivity index (χ1) is 19.7. The number of aromatic nitrogens is 4. The molecule has 0 radical (unpaired) electrons. The summed E-state index contributed by atoms with van der Waals surface area (Å²) < 4.78 is 1.17. The maximum Gasteiger partial charge on any atom is 0.243 e. The zero-order valence-corrected chi connectivity index (χ0v) is 23.5. The second kappa shape index (κ2) is 12.6. The second-order valence-corrected chi connectivity index (χ2v) is 11.8. The van der Waals surface area contributed by atoms with Crippen molar-refractivity contribution in [3.8, 4) is 11.4 Å². The molecule has 6 rings (SSSR count). The lowest BCUT2D eigenvalue weighted by Crippen LogP contribution is -2.47. The lowest BCUT2D eigenvalue weighted by molar-refractivity contribution is -0.129. The molecule has 0 unspecified atom stereocenters. The summed E-state index contributed by atoms with van der Waals surface area (Å²) in [6.07, 6.45) is 5.06. The van der Waals surface area contributed by atoms with Gasteiger partial charge in [0.2, 0.25) is 5.91 Å². The van der Waals surface area contributed by atoms with Crippen LogP contribution in [0.5, 0.6) is 0 Å². The first-order valence-corrected chi connectivity index (χ1v) is 15.1. The Morgan fingerprint density at radius 3 is 2.70 bits per heavy atom. The fourth-order valence-electron chi connectivity index (χ4n) is 5.67. The number of nitrogens with one attached hydrogen (secondary N) is 3. The molecule has 11 nitrogen and oxygen atoms in total. The van der Waals surface area contributed by atoms with E-state index in [2.05, 4.69) is 42.3 Å². The van der Waals surface area contributed by atoms with Gasteiger partial charge in [-0.15, -0.1) is 11.3 Å². The highest BCUT2D eigenvalue weighted by Crippen LogP contribution is 2.36. The van der Waals surface area contributed by atoms with Gasteiger partial charge < -0.3 is 10.2 Å². The number of hydrogen-bond acceptors (Lipinski definition) is 10. The number of aromatic amines is 1. The summed E-state index contributed by atoms with van der Waals surface area (Å²) >= 11 is 1.83. The van der Waals surface area contributed by atoms with Gasteiger partial charge in [-0.25, -0.2) is 15.4 Å². The van der Waals surface area contributed by atoms with Gasteiger partial charge in [-0.1, -0.05) is 18.6 Å². The monoisotopic (exact) mass is 563 g/mol. The number of thiophene rings is 1. The van der Waals surface area contributed by atoms with E-state index in [1.165, 1.54) is 9.58 Å². The number of piperazine rings is 2. The van der Waals surface area contributed by atoms with Crippen LogP contribution in [0.2, 0.25) is 0 Å². The molecule has 0 atom stereocenters. The van der Waals surface area contributed by atoms with E-state index in [-0.39, 0.29) is 5.91 Å². The number of carbonyl (C=O) groups excluding carboxylic acids is 1. The first kappa shape index (κ1) is 27.0. The molecular formula is C28H37N9O2S. The molecule has 4 aromatic rings. The third-order valence-corrected chi connectivity index (χ3v) is 9.00. The molecule has 2 saturated heterocycles. The normalized spacial score (nSPS) is 17.2. The number of hydroxylamine groups is 1. The largest absolute Gasteiger partial charge is 0.353 e. The van der Waals surface area contributed by atoms with Crippen molar-refractivity contribution < 1.29 is 10.0 Å². The van der Waals surface area contributed by atoms with Crippen LogP contribution in [-0.2, 0) is 11.3 Å². The number of amides is 1. The summed E-state index contributed by atoms with van der Waals surface area (Å²) in [7, 11) is 0. The van der Waals surface area contributed by atoms with Crippen LogP contribution in [0.3, 0.4) is 0 Å². The molecule has 212 valence electrons. The van der Waals surface area contributed by atoms with Crippen LogP contribution in [0.25, 0.3) is 32.5 Å². The molecule has 1 amide bonds. The predicted molar refractivity (Wildman–Crippen MR) is 158 cm³/mol. The highest BCUT2D eigenvalue weighted by atomic mass is 32.1. The Hall–Kier alpha value is -3.16. The number of rotatable bonds is 10. The Bertz CT molecular complexity index is 1440. The number of H-pyrrole nitrogens is 1. The Labute approximate surface area is 237 Å². The average Bonchev–Trinajstić information content (AvgIpc) is 3.64. The Morgan fingerprint density at radius 2 is 1.88 bits per heavy atom. The molecule has 0 aliphatic carbocycles. The molecule has 40 heavy (non-hydrogen) atoms. The lowest BCUT2D eigenvalue weighted by Gasteiger charge is -2.35. The summed E-state index contributed by atoms with van der Waals surface area (Å²) in [4.78, 5) is 30.3. The number of carbonyl (C=O) groups is 1. The molecule has 2 aliphatic rings. The summed E-state index contributed by atoms with van der Waals surface area (Å²) in [5.41, 5.74) is 4.71. The van der Waals surface area contributed by atoms with Crippen molar-refractivity contribution in [1.29, 1.82) is 0 Å². The minimum Gasteiger partial charge on any atom is -0.353 e. The minimum absolute atomic E-state index is 0.308. The van der Waals surface area contributed by atoms with Gasteiger partial charge in [-0.2, -0.15) is 5.10 Å². The van der Waals surface area contributed by atoms with Crippen LogP contribution in [0.4, 0.5) is 5.82 Å². The van der Waals surface area contributed by atoms with Crippen molar-refractivity contribution in [2.75, 3.05) is 63.8 Å². The van der Waals surface area contributed by atoms with Crippen molar-refractivity contribution in [2.24, 2.45) is 0 Å². The number of nitrogens with zero attached hydrogens (tertiary/aromatic N) is 6. The average molecular weight is 564 g/mol. The van der Waals surface area contributed by atoms with Crippen LogP contribution >= 0.6 is 11.3 Å². The van der Waals surface area contributed by atoms with E-state index < -0.39 is 0 Å². The molecule has 0 bridgehead atoms. The molecule has 2 fully saturated rings. The van der Waals surface area contributed by atoms with Crippen molar-refractivity contribution >= 4 is 44.2 Å². The van der Waals surface area contributed by atoms with Crippen LogP contribution in [-0.4, -0.2) is 100.0 Å². The summed E-state index contributed by atoms with van der Waals surface area (Å²) in [6.45, 7) is 9.97. The van der Waals surface area contributed by atoms with Crippen LogP contribution < -0.4 is 15.7 Å². The topological polar surface area (TPSA) is 126 Å². The predicted octanol–water partition coefficient (Wildman–Crippen LogP) is 2.83. The second-order valence-electron chi connectivity index (χ2n) is 10.6. The number of anilines is 1. The van der Waals surface area contributed by atoms with Crippen LogP contribution in [0.1, 0.15) is 30.6 Å². The molecule has 0 saturated carbocycles. The zero-order chi connectivity index (χ0) is 27.3. The van der Waals surface area contributed by atoms with Gasteiger partial charge >= 0.3 is 0 Å². The third kappa shape index (κ3) is 6.11. The van der Waals surface area contributed by atoms with Gasteiger partial charge in [0, 0.05) is 81.2 Å². The smallest absolute Gasteiger partial charge is 0.243 e. The van der Waals surface area contributed by atoms with Crippen molar-refractivity contribution in [3.05, 3.63) is 35.3 Å². The minimum atomic E-state index is -0.308. The molecule has 2 aliphatic heterocycles. The number of hydrogen-bond donors (Lipinski definition) is 4. The van der Waals surface area contributed by atoms with E-state index in [0.717, 1.165) is 118 Å². The molecular weight excluding hydrogens is 526 g/mol. The van der Waals surface area contributed by atoms with Crippen LogP contribution in [0, 0.1) is 0 Å². The Morgan fingerprint density at radius 1 is 1.02 bits per heavy atom. The first-order valence-electron chi connectivity index (χ1n) is 14.2. The van der Waals surface area contributed by atoms with E-state index in [0.29, 0.717) is 6.42 Å². The van der Waals surface area contributed by atoms with Crippen molar-refractivity contribution in [3.63, 3.8) is 0 Å². The van der Waals surface area contributed by atoms with Gasteiger partial charge in [0.15, 0.2) is 11.6 Å². The SMILES string of the molecule is O=C(CCCCCN1CCN(c2nc(-c3cccc4[nH]ncc34)nc3cc(CN4CCNCC4)sc23)CC1)NO. The van der Waals surface area contributed by atoms with E-state index in [1.54, 1.807) is 5.48 Å². The molecule has 4 N–H and O–H groups in total. The maximum absolute atomic E-state index is 11.2. The van der Waals surface area contributed by atoms with Gasteiger partial charge in [-0.05, 0) is 31.5 Å². The highest BCUT2D eigenvalue weighted by Gasteiger charge is 2.24. The van der Waals surface area contributed by atoms with Crippen LogP contribution in [0.15, 0.2) is 30.5 Å².